The zero-order chi connectivity index (χ0) is 42.1. The van der Waals surface area contributed by atoms with Crippen molar-refractivity contribution in [3.8, 4) is 56.2 Å². The normalized spacial score (nSPS) is 14.5. The van der Waals surface area contributed by atoms with E-state index in [0.717, 1.165) is 57.6 Å². The van der Waals surface area contributed by atoms with Gasteiger partial charge in [-0.2, -0.15) is 0 Å². The van der Waals surface area contributed by atoms with Gasteiger partial charge in [-0.15, -0.1) is 0 Å². The highest BCUT2D eigenvalue weighted by Gasteiger charge is 2.30. The minimum Gasteiger partial charge on any atom is -0.228 e. The number of benzene rings is 8. The fourth-order valence-corrected chi connectivity index (χ4v) is 9.36. The Balaban J connectivity index is 1.06. The molecule has 0 spiro atoms. The topological polar surface area (TPSA) is 25.8 Å². The summed E-state index contributed by atoms with van der Waals surface area (Å²) in [6.45, 7) is 4.87. The molecule has 0 saturated carbocycles. The van der Waals surface area contributed by atoms with E-state index in [4.69, 9.17) is 16.5 Å². The highest BCUT2D eigenvalue weighted by atomic mass is 14.9. The van der Waals surface area contributed by atoms with Crippen LogP contribution in [0.15, 0.2) is 231 Å². The van der Waals surface area contributed by atoms with Crippen molar-refractivity contribution < 1.29 is 0 Å². The average molecular weight is 805 g/mol. The maximum absolute atomic E-state index is 5.27. The van der Waals surface area contributed by atoms with E-state index in [9.17, 15) is 0 Å². The molecule has 2 aliphatic carbocycles. The van der Waals surface area contributed by atoms with E-state index in [1.54, 1.807) is 0 Å². The molecule has 298 valence electrons. The van der Waals surface area contributed by atoms with Gasteiger partial charge < -0.3 is 0 Å². The minimum absolute atomic E-state index is 0.0234. The van der Waals surface area contributed by atoms with Crippen LogP contribution in [0.1, 0.15) is 46.6 Å². The van der Waals surface area contributed by atoms with Gasteiger partial charge in [0.2, 0.25) is 0 Å². The van der Waals surface area contributed by atoms with Crippen LogP contribution < -0.4 is 0 Å². The van der Waals surface area contributed by atoms with Crippen molar-refractivity contribution >= 4 is 27.5 Å². The lowest BCUT2D eigenvalue weighted by Gasteiger charge is -2.31. The van der Waals surface area contributed by atoms with Gasteiger partial charge >= 0.3 is 0 Å². The molecule has 2 nitrogen and oxygen atoms in total. The van der Waals surface area contributed by atoms with Crippen LogP contribution >= 0.6 is 0 Å². The largest absolute Gasteiger partial charge is 0.228 e. The molecular weight excluding hydrogens is 761 g/mol. The molecule has 1 heterocycles. The Labute approximate surface area is 369 Å². The Bertz CT molecular complexity index is 3250. The molecule has 11 rings (SSSR count). The number of hydrogen-bond donors (Lipinski definition) is 0. The standard InChI is InChI=1S/C61H44N2/c1-41-54(44-23-11-4-12-24-44)39-56(45-25-13-5-14-26-45)60-53-30-18-17-29-49(53)38-55(59(41)60)46-31-33-47(34-32-46)57-40-58(63-61(62-57)48-27-15-6-16-28-48)52-36-50(42-19-7-2-8-20-42)35-51(37-52)43-21-9-3-10-22-43/h2,4-9,11-40,54H,1,3,10H2. The van der Waals surface area contributed by atoms with E-state index >= 15 is 0 Å². The van der Waals surface area contributed by atoms with E-state index < -0.39 is 0 Å². The van der Waals surface area contributed by atoms with E-state index in [0.29, 0.717) is 5.82 Å². The molecule has 0 N–H and O–H groups in total. The van der Waals surface area contributed by atoms with Gasteiger partial charge in [0.05, 0.1) is 11.4 Å². The van der Waals surface area contributed by atoms with Gasteiger partial charge in [-0.3, -0.25) is 0 Å². The van der Waals surface area contributed by atoms with Crippen molar-refractivity contribution in [1.29, 1.82) is 0 Å². The monoisotopic (exact) mass is 804 g/mol. The molecule has 1 unspecified atom stereocenters. The molecule has 1 aromatic heterocycles. The summed E-state index contributed by atoms with van der Waals surface area (Å²) in [4.78, 5) is 10.5. The van der Waals surface area contributed by atoms with E-state index in [2.05, 4.69) is 218 Å². The maximum Gasteiger partial charge on any atom is 0.160 e. The van der Waals surface area contributed by atoms with Crippen molar-refractivity contribution in [3.05, 3.63) is 259 Å². The molecule has 0 amide bonds. The summed E-state index contributed by atoms with van der Waals surface area (Å²) in [6, 6.07) is 71.6. The van der Waals surface area contributed by atoms with Crippen LogP contribution in [0.3, 0.4) is 0 Å². The first-order valence-electron chi connectivity index (χ1n) is 21.9. The number of allylic oxidation sites excluding steroid dienone is 6. The van der Waals surface area contributed by atoms with Crippen molar-refractivity contribution in [2.24, 2.45) is 0 Å². The van der Waals surface area contributed by atoms with Crippen molar-refractivity contribution in [2.45, 2.75) is 18.8 Å². The van der Waals surface area contributed by atoms with Crippen LogP contribution in [0.2, 0.25) is 0 Å². The van der Waals surface area contributed by atoms with Gasteiger partial charge in [-0.25, -0.2) is 9.97 Å². The number of rotatable bonds is 8. The third kappa shape index (κ3) is 7.36. The molecule has 0 saturated heterocycles. The first-order valence-corrected chi connectivity index (χ1v) is 21.9. The molecule has 0 fully saturated rings. The second kappa shape index (κ2) is 16.5. The van der Waals surface area contributed by atoms with Gasteiger partial charge in [0.15, 0.2) is 5.82 Å². The van der Waals surface area contributed by atoms with Gasteiger partial charge in [0, 0.05) is 22.6 Å². The van der Waals surface area contributed by atoms with Crippen LogP contribution in [0.25, 0.3) is 83.6 Å². The Morgan fingerprint density at radius 3 is 1.73 bits per heavy atom. The van der Waals surface area contributed by atoms with E-state index in [1.807, 2.05) is 6.07 Å². The second-order valence-corrected chi connectivity index (χ2v) is 16.5. The Morgan fingerprint density at radius 2 is 1.03 bits per heavy atom. The fourth-order valence-electron chi connectivity index (χ4n) is 9.36. The molecule has 0 bridgehead atoms. The first kappa shape index (κ1) is 38.0. The second-order valence-electron chi connectivity index (χ2n) is 16.5. The van der Waals surface area contributed by atoms with Gasteiger partial charge in [0.25, 0.3) is 0 Å². The lowest BCUT2D eigenvalue weighted by Crippen LogP contribution is -2.11. The van der Waals surface area contributed by atoms with Crippen LogP contribution in [-0.4, -0.2) is 9.97 Å². The summed E-state index contributed by atoms with van der Waals surface area (Å²) in [6.07, 6.45) is 11.4. The number of fused-ring (bicyclic) bond motifs is 3. The van der Waals surface area contributed by atoms with Crippen LogP contribution in [0.4, 0.5) is 0 Å². The van der Waals surface area contributed by atoms with Crippen LogP contribution in [-0.2, 0) is 0 Å². The molecule has 8 aromatic carbocycles. The fraction of sp³-hybridized carbons (Fsp3) is 0.0492. The summed E-state index contributed by atoms with van der Waals surface area (Å²) in [5, 5.41) is 2.43. The molecule has 1 atom stereocenters. The molecular formula is C61H44N2. The number of nitrogens with zero attached hydrogens (tertiary/aromatic N) is 2. The van der Waals surface area contributed by atoms with E-state index in [-0.39, 0.29) is 5.92 Å². The molecule has 0 radical (unpaired) electrons. The quantitative estimate of drug-likeness (QED) is 0.153. The summed E-state index contributed by atoms with van der Waals surface area (Å²) in [5.41, 5.74) is 19.1. The predicted molar refractivity (Wildman–Crippen MR) is 265 cm³/mol. The first-order chi connectivity index (χ1) is 31.1. The lowest BCUT2D eigenvalue weighted by atomic mass is 9.72. The van der Waals surface area contributed by atoms with Crippen molar-refractivity contribution in [1.82, 2.24) is 9.97 Å². The zero-order valence-electron chi connectivity index (χ0n) is 35.0. The maximum atomic E-state index is 5.27. The highest BCUT2D eigenvalue weighted by Crippen LogP contribution is 2.50. The van der Waals surface area contributed by atoms with Crippen LogP contribution in [0, 0.1) is 0 Å². The summed E-state index contributed by atoms with van der Waals surface area (Å²) < 4.78 is 0. The molecule has 9 aromatic rings. The smallest absolute Gasteiger partial charge is 0.160 e. The highest BCUT2D eigenvalue weighted by molar-refractivity contribution is 6.09. The van der Waals surface area contributed by atoms with Gasteiger partial charge in [0.1, 0.15) is 0 Å². The van der Waals surface area contributed by atoms with Crippen molar-refractivity contribution in [3.63, 3.8) is 0 Å². The Kier molecular flexibility index (Phi) is 9.95. The predicted octanol–water partition coefficient (Wildman–Crippen LogP) is 15.9. The third-order valence-corrected chi connectivity index (χ3v) is 12.5. The minimum atomic E-state index is 0.0234. The molecule has 2 heteroatoms. The Hall–Kier alpha value is -7.94. The number of hydrogen-bond acceptors (Lipinski definition) is 2. The summed E-state index contributed by atoms with van der Waals surface area (Å²) in [5.74, 6) is 0.720. The average Bonchev–Trinajstić information content (AvgIpc) is 3.37. The Morgan fingerprint density at radius 1 is 0.444 bits per heavy atom. The third-order valence-electron chi connectivity index (χ3n) is 12.5. The van der Waals surface area contributed by atoms with E-state index in [1.165, 1.54) is 60.9 Å². The van der Waals surface area contributed by atoms with Gasteiger partial charge in [-0.1, -0.05) is 201 Å². The number of aromatic nitrogens is 2. The zero-order valence-corrected chi connectivity index (χ0v) is 35.0. The molecule has 63 heavy (non-hydrogen) atoms. The molecule has 2 aliphatic rings. The summed E-state index contributed by atoms with van der Waals surface area (Å²) in [7, 11) is 0. The molecule has 0 aliphatic heterocycles. The van der Waals surface area contributed by atoms with Crippen molar-refractivity contribution in [2.75, 3.05) is 0 Å². The SMILES string of the molecule is C=C1c2c(-c3ccc(-c4cc(-c5cc(C6=CCCC=C6)cc(-c6ccccc6)c5)nc(-c5ccccc5)n4)cc3)cc3ccccc3c2C(c2ccccc2)=CC1c1ccccc1. The lowest BCUT2D eigenvalue weighted by molar-refractivity contribution is 1.04. The van der Waals surface area contributed by atoms with Gasteiger partial charge in [-0.05, 0) is 121 Å². The van der Waals surface area contributed by atoms with Crippen LogP contribution in [0.5, 0.6) is 0 Å². The summed E-state index contributed by atoms with van der Waals surface area (Å²) >= 11 is 0.